The summed E-state index contributed by atoms with van der Waals surface area (Å²) in [6, 6.07) is 2.06. The van der Waals surface area contributed by atoms with E-state index in [-0.39, 0.29) is 34.9 Å². The highest BCUT2D eigenvalue weighted by Gasteiger charge is 2.41. The summed E-state index contributed by atoms with van der Waals surface area (Å²) < 4.78 is 78.9. The number of methoxy groups -OCH3 is 1. The summed E-state index contributed by atoms with van der Waals surface area (Å²) >= 11 is 0. The van der Waals surface area contributed by atoms with Crippen molar-refractivity contribution in [1.29, 1.82) is 0 Å². The molecular weight excluding hydrogens is 467 g/mol. The van der Waals surface area contributed by atoms with Crippen LogP contribution in [0.25, 0.3) is 11.3 Å². The van der Waals surface area contributed by atoms with Crippen LogP contribution in [-0.2, 0) is 26.5 Å². The molecule has 0 atom stereocenters. The van der Waals surface area contributed by atoms with Gasteiger partial charge < -0.3 is 19.1 Å². The van der Waals surface area contributed by atoms with Gasteiger partial charge in [0.1, 0.15) is 11.3 Å². The largest absolute Gasteiger partial charge is 0.493 e. The van der Waals surface area contributed by atoms with Crippen LogP contribution in [0.4, 0.5) is 13.2 Å². The third kappa shape index (κ3) is 4.24. The summed E-state index contributed by atoms with van der Waals surface area (Å²) in [5.41, 5.74) is -2.97. The van der Waals surface area contributed by atoms with E-state index in [9.17, 15) is 36.3 Å². The molecule has 8 nitrogen and oxygen atoms in total. The SMILES string of the molecule is COCCCOc1cc2c(cc1C(F)(F)F)-c1c(cc(C(=O)O)c(=O)n1C1CC1)CS2(=O)=O. The van der Waals surface area contributed by atoms with Crippen LogP contribution in [0.1, 0.15) is 46.8 Å². The van der Waals surface area contributed by atoms with Crippen molar-refractivity contribution < 1.29 is 41.0 Å². The van der Waals surface area contributed by atoms with Crippen molar-refractivity contribution in [3.63, 3.8) is 0 Å². The molecule has 2 aliphatic rings. The molecule has 1 fully saturated rings. The number of carboxylic acid groups (broad SMARTS) is 1. The van der Waals surface area contributed by atoms with E-state index < -0.39 is 56.2 Å². The first-order valence-electron chi connectivity index (χ1n) is 10.1. The van der Waals surface area contributed by atoms with Crippen LogP contribution in [0.15, 0.2) is 27.9 Å². The first-order chi connectivity index (χ1) is 15.5. The van der Waals surface area contributed by atoms with Crippen LogP contribution >= 0.6 is 0 Å². The minimum atomic E-state index is -4.86. The topological polar surface area (TPSA) is 112 Å². The molecule has 1 aromatic heterocycles. The molecule has 0 amide bonds. The van der Waals surface area contributed by atoms with Gasteiger partial charge in [0.05, 0.1) is 28.5 Å². The number of aromatic carboxylic acids is 1. The number of benzene rings is 1. The van der Waals surface area contributed by atoms with E-state index >= 15 is 0 Å². The number of fused-ring (bicyclic) bond motifs is 3. The van der Waals surface area contributed by atoms with Crippen molar-refractivity contribution in [2.24, 2.45) is 0 Å². The van der Waals surface area contributed by atoms with Gasteiger partial charge in [-0.25, -0.2) is 13.2 Å². The van der Waals surface area contributed by atoms with E-state index in [1.807, 2.05) is 0 Å². The number of sulfone groups is 1. The number of hydrogen-bond donors (Lipinski definition) is 1. The summed E-state index contributed by atoms with van der Waals surface area (Å²) in [6.07, 6.45) is -3.51. The van der Waals surface area contributed by atoms with Crippen molar-refractivity contribution in [3.8, 4) is 17.0 Å². The number of ether oxygens (including phenoxy) is 2. The molecule has 0 bridgehead atoms. The van der Waals surface area contributed by atoms with Gasteiger partial charge in [-0.05, 0) is 30.5 Å². The normalized spacial score (nSPS) is 16.7. The second-order valence-electron chi connectivity index (χ2n) is 7.94. The maximum atomic E-state index is 13.9. The Bertz CT molecular complexity index is 1290. The summed E-state index contributed by atoms with van der Waals surface area (Å²) in [6.45, 7) is 0.124. The molecule has 0 saturated heterocycles. The van der Waals surface area contributed by atoms with Gasteiger partial charge in [0.15, 0.2) is 9.84 Å². The van der Waals surface area contributed by atoms with Gasteiger partial charge in [0.2, 0.25) is 0 Å². The molecule has 1 saturated carbocycles. The zero-order chi connectivity index (χ0) is 24.1. The minimum absolute atomic E-state index is 0.00811. The molecule has 1 aliphatic carbocycles. The van der Waals surface area contributed by atoms with E-state index in [1.165, 1.54) is 7.11 Å². The lowest BCUT2D eigenvalue weighted by Gasteiger charge is -2.26. The summed E-state index contributed by atoms with van der Waals surface area (Å²) in [7, 11) is -2.70. The summed E-state index contributed by atoms with van der Waals surface area (Å²) in [4.78, 5) is 24.0. The Morgan fingerprint density at radius 2 is 1.91 bits per heavy atom. The second kappa shape index (κ2) is 8.17. The minimum Gasteiger partial charge on any atom is -0.493 e. The zero-order valence-corrected chi connectivity index (χ0v) is 18.3. The van der Waals surface area contributed by atoms with E-state index in [0.717, 1.165) is 16.7 Å². The van der Waals surface area contributed by atoms with E-state index in [2.05, 4.69) is 0 Å². The number of aromatic nitrogens is 1. The Morgan fingerprint density at radius 3 is 2.48 bits per heavy atom. The molecule has 0 spiro atoms. The number of carbonyl (C=O) groups is 1. The lowest BCUT2D eigenvalue weighted by Crippen LogP contribution is -2.31. The fraction of sp³-hybridized carbons (Fsp3) is 0.429. The predicted octanol–water partition coefficient (Wildman–Crippen LogP) is 3.27. The van der Waals surface area contributed by atoms with Gasteiger partial charge in [0.25, 0.3) is 5.56 Å². The van der Waals surface area contributed by atoms with E-state index in [0.29, 0.717) is 25.3 Å². The smallest absolute Gasteiger partial charge is 0.419 e. The Balaban J connectivity index is 1.99. The standard InChI is InChI=1S/C21H20F3NO7S/c1-31-5-2-6-32-16-9-17-13(8-15(16)21(22,23)24)18-11(10-33(17,29)30)7-14(20(27)28)19(26)25(18)12-3-4-12/h7-9,12H,2-6,10H2,1H3,(H,27,28). The summed E-state index contributed by atoms with van der Waals surface area (Å²) in [5, 5.41) is 9.39. The average Bonchev–Trinajstić information content (AvgIpc) is 3.55. The molecule has 0 radical (unpaired) electrons. The Hall–Kier alpha value is -2.86. The first-order valence-corrected chi connectivity index (χ1v) is 11.7. The van der Waals surface area contributed by atoms with Crippen LogP contribution in [-0.4, -0.2) is 44.4 Å². The quantitative estimate of drug-likeness (QED) is 0.597. The van der Waals surface area contributed by atoms with Gasteiger partial charge in [-0.15, -0.1) is 0 Å². The molecule has 12 heteroatoms. The van der Waals surface area contributed by atoms with E-state index in [1.54, 1.807) is 0 Å². The first kappa shape index (κ1) is 23.3. The highest BCUT2D eigenvalue weighted by atomic mass is 32.2. The molecule has 1 N–H and O–H groups in total. The highest BCUT2D eigenvalue weighted by Crippen LogP contribution is 2.47. The predicted molar refractivity (Wildman–Crippen MR) is 109 cm³/mol. The number of carboxylic acids is 1. The molecule has 1 aromatic carbocycles. The van der Waals surface area contributed by atoms with Crippen molar-refractivity contribution in [1.82, 2.24) is 4.57 Å². The maximum Gasteiger partial charge on any atom is 0.419 e. The van der Waals surface area contributed by atoms with Gasteiger partial charge in [0, 0.05) is 37.8 Å². The molecule has 178 valence electrons. The lowest BCUT2D eigenvalue weighted by atomic mass is 10.00. The van der Waals surface area contributed by atoms with Crippen molar-refractivity contribution in [2.75, 3.05) is 20.3 Å². The second-order valence-corrected chi connectivity index (χ2v) is 9.90. The van der Waals surface area contributed by atoms with Gasteiger partial charge in [-0.3, -0.25) is 4.79 Å². The molecule has 0 unspecified atom stereocenters. The number of halogens is 3. The number of pyridine rings is 1. The highest BCUT2D eigenvalue weighted by molar-refractivity contribution is 7.90. The Kier molecular flexibility index (Phi) is 5.77. The maximum absolute atomic E-state index is 13.9. The Labute approximate surface area is 186 Å². The molecule has 2 aromatic rings. The van der Waals surface area contributed by atoms with Crippen LogP contribution in [0.2, 0.25) is 0 Å². The van der Waals surface area contributed by atoms with Crippen molar-refractivity contribution in [2.45, 2.75) is 42.1 Å². The number of nitrogens with zero attached hydrogens (tertiary/aromatic N) is 1. The number of hydrogen-bond acceptors (Lipinski definition) is 6. The molecule has 1 aliphatic heterocycles. The average molecular weight is 487 g/mol. The van der Waals surface area contributed by atoms with Gasteiger partial charge in [-0.1, -0.05) is 0 Å². The Morgan fingerprint density at radius 1 is 1.21 bits per heavy atom. The van der Waals surface area contributed by atoms with Crippen LogP contribution in [0.5, 0.6) is 5.75 Å². The molecule has 33 heavy (non-hydrogen) atoms. The summed E-state index contributed by atoms with van der Waals surface area (Å²) in [5.74, 6) is -2.81. The van der Waals surface area contributed by atoms with Crippen LogP contribution < -0.4 is 10.3 Å². The fourth-order valence-electron chi connectivity index (χ4n) is 3.95. The van der Waals surface area contributed by atoms with Crippen LogP contribution in [0, 0.1) is 0 Å². The van der Waals surface area contributed by atoms with Crippen molar-refractivity contribution >= 4 is 15.8 Å². The monoisotopic (exact) mass is 487 g/mol. The van der Waals surface area contributed by atoms with Gasteiger partial charge in [-0.2, -0.15) is 13.2 Å². The molecule has 4 rings (SSSR count). The fourth-order valence-corrected chi connectivity index (χ4v) is 5.51. The third-order valence-electron chi connectivity index (χ3n) is 5.53. The number of rotatable bonds is 7. The van der Waals surface area contributed by atoms with Gasteiger partial charge >= 0.3 is 12.1 Å². The molecule has 2 heterocycles. The number of alkyl halides is 3. The van der Waals surface area contributed by atoms with E-state index in [4.69, 9.17) is 9.47 Å². The zero-order valence-electron chi connectivity index (χ0n) is 17.4. The third-order valence-corrected chi connectivity index (χ3v) is 7.23. The molecular formula is C21H20F3NO7S. The van der Waals surface area contributed by atoms with Crippen molar-refractivity contribution in [3.05, 3.63) is 45.2 Å². The lowest BCUT2D eigenvalue weighted by molar-refractivity contribution is -0.139. The van der Waals surface area contributed by atoms with Crippen LogP contribution in [0.3, 0.4) is 0 Å².